The summed E-state index contributed by atoms with van der Waals surface area (Å²) in [6.07, 6.45) is -0.256. The van der Waals surface area contributed by atoms with Crippen molar-refractivity contribution in [2.45, 2.75) is 40.2 Å². The zero-order valence-corrected chi connectivity index (χ0v) is 19.0. The molecule has 1 aromatic carbocycles. The molecule has 0 aliphatic carbocycles. The zero-order chi connectivity index (χ0) is 21.9. The van der Waals surface area contributed by atoms with Gasteiger partial charge in [-0.15, -0.1) is 11.3 Å². The zero-order valence-electron chi connectivity index (χ0n) is 18.2. The van der Waals surface area contributed by atoms with Crippen LogP contribution in [-0.2, 0) is 9.47 Å². The fourth-order valence-corrected chi connectivity index (χ4v) is 4.16. The predicted octanol–water partition coefficient (Wildman–Crippen LogP) is 4.35. The van der Waals surface area contributed by atoms with E-state index in [-0.39, 0.29) is 12.1 Å². The maximum atomic E-state index is 12.2. The summed E-state index contributed by atoms with van der Waals surface area (Å²) in [5.74, 6) is -0.321. The van der Waals surface area contributed by atoms with Crippen molar-refractivity contribution < 1.29 is 19.1 Å². The number of carbonyl (C=O) groups excluding carboxylic acids is 2. The van der Waals surface area contributed by atoms with Gasteiger partial charge in [-0.2, -0.15) is 0 Å². The molecule has 0 N–H and O–H groups in total. The first-order valence-electron chi connectivity index (χ1n) is 10.2. The number of amides is 1. The van der Waals surface area contributed by atoms with Gasteiger partial charge in [0.15, 0.2) is 0 Å². The Morgan fingerprint density at radius 2 is 1.73 bits per heavy atom. The molecule has 1 aliphatic heterocycles. The minimum absolute atomic E-state index is 0.256. The van der Waals surface area contributed by atoms with Crippen LogP contribution in [0.1, 0.15) is 43.1 Å². The number of carbonyl (C=O) groups is 2. The van der Waals surface area contributed by atoms with Crippen molar-refractivity contribution in [2.24, 2.45) is 0 Å². The first-order chi connectivity index (χ1) is 14.2. The fourth-order valence-electron chi connectivity index (χ4n) is 3.19. The molecule has 0 radical (unpaired) electrons. The van der Waals surface area contributed by atoms with Crippen LogP contribution in [0.5, 0.6) is 0 Å². The first-order valence-corrected chi connectivity index (χ1v) is 11.0. The Labute approximate surface area is 181 Å². The van der Waals surface area contributed by atoms with Crippen molar-refractivity contribution in [3.05, 3.63) is 34.8 Å². The second-order valence-electron chi connectivity index (χ2n) is 8.16. The summed E-state index contributed by atoms with van der Waals surface area (Å²) in [6, 6.07) is 8.14. The average molecular weight is 432 g/mol. The van der Waals surface area contributed by atoms with E-state index in [2.05, 4.69) is 22.0 Å². The quantitative estimate of drug-likeness (QED) is 0.670. The van der Waals surface area contributed by atoms with Gasteiger partial charge in [-0.25, -0.2) is 14.6 Å². The summed E-state index contributed by atoms with van der Waals surface area (Å²) in [4.78, 5) is 33.3. The number of hydrogen-bond donors (Lipinski definition) is 0. The Morgan fingerprint density at radius 3 is 2.30 bits per heavy atom. The molecule has 0 spiro atoms. The number of benzene rings is 1. The van der Waals surface area contributed by atoms with Gasteiger partial charge in [-0.05, 0) is 58.9 Å². The molecule has 0 unspecified atom stereocenters. The average Bonchev–Trinajstić information content (AvgIpc) is 3.09. The number of thiazole rings is 1. The molecule has 7 nitrogen and oxygen atoms in total. The van der Waals surface area contributed by atoms with Crippen molar-refractivity contribution in [1.29, 1.82) is 0 Å². The number of ether oxygens (including phenoxy) is 2. The Hall–Kier alpha value is -2.61. The van der Waals surface area contributed by atoms with Crippen LogP contribution in [0.25, 0.3) is 10.6 Å². The van der Waals surface area contributed by atoms with Gasteiger partial charge in [0.2, 0.25) is 0 Å². The number of aryl methyl sites for hydroxylation is 1. The van der Waals surface area contributed by atoms with Crippen molar-refractivity contribution in [3.63, 3.8) is 0 Å². The molecule has 1 aliphatic rings. The van der Waals surface area contributed by atoms with Gasteiger partial charge in [0.1, 0.15) is 15.5 Å². The van der Waals surface area contributed by atoms with E-state index >= 15 is 0 Å². The summed E-state index contributed by atoms with van der Waals surface area (Å²) < 4.78 is 10.6. The van der Waals surface area contributed by atoms with Crippen molar-refractivity contribution >= 4 is 29.1 Å². The molecule has 1 amide bonds. The highest BCUT2D eigenvalue weighted by atomic mass is 32.1. The molecule has 8 heteroatoms. The molecule has 162 valence electrons. The third-order valence-corrected chi connectivity index (χ3v) is 5.85. The van der Waals surface area contributed by atoms with Crippen LogP contribution in [0.2, 0.25) is 0 Å². The molecule has 0 bridgehead atoms. The van der Waals surface area contributed by atoms with Gasteiger partial charge in [0, 0.05) is 37.4 Å². The van der Waals surface area contributed by atoms with E-state index in [9.17, 15) is 9.59 Å². The van der Waals surface area contributed by atoms with Gasteiger partial charge in [0.25, 0.3) is 0 Å². The fraction of sp³-hybridized carbons (Fsp3) is 0.500. The van der Waals surface area contributed by atoms with Crippen LogP contribution < -0.4 is 4.90 Å². The van der Waals surface area contributed by atoms with Crippen LogP contribution in [0.4, 0.5) is 10.5 Å². The predicted molar refractivity (Wildman–Crippen MR) is 118 cm³/mol. The lowest BCUT2D eigenvalue weighted by Gasteiger charge is -2.36. The lowest BCUT2D eigenvalue weighted by atomic mass is 10.2. The van der Waals surface area contributed by atoms with Gasteiger partial charge in [-0.1, -0.05) is 0 Å². The topological polar surface area (TPSA) is 72.0 Å². The normalized spacial score (nSPS) is 14.6. The number of rotatable bonds is 4. The van der Waals surface area contributed by atoms with Crippen LogP contribution in [0.3, 0.4) is 0 Å². The highest BCUT2D eigenvalue weighted by Crippen LogP contribution is 2.30. The summed E-state index contributed by atoms with van der Waals surface area (Å²) in [5, 5.41) is 0.803. The van der Waals surface area contributed by atoms with Crippen molar-refractivity contribution in [3.8, 4) is 10.6 Å². The Bertz CT molecular complexity index is 894. The molecule has 30 heavy (non-hydrogen) atoms. The van der Waals surface area contributed by atoms with Crippen molar-refractivity contribution in [2.75, 3.05) is 37.7 Å². The monoisotopic (exact) mass is 431 g/mol. The van der Waals surface area contributed by atoms with E-state index < -0.39 is 5.60 Å². The summed E-state index contributed by atoms with van der Waals surface area (Å²) in [5.41, 5.74) is 2.28. The molecule has 2 aromatic rings. The Balaban J connectivity index is 1.63. The molecular formula is C22H29N3O4S. The summed E-state index contributed by atoms with van der Waals surface area (Å²) in [7, 11) is 0. The van der Waals surface area contributed by atoms with E-state index in [1.54, 1.807) is 11.8 Å². The lowest BCUT2D eigenvalue weighted by Crippen LogP contribution is -2.50. The molecule has 1 aromatic heterocycles. The number of esters is 1. The standard InChI is InChI=1S/C22H29N3O4S/c1-6-28-20(26)18-15(2)23-19(30-18)16-7-9-17(10-8-16)24-11-13-25(14-12-24)21(27)29-22(3,4)5/h7-10H,6,11-14H2,1-5H3. The Kier molecular flexibility index (Phi) is 6.65. The molecule has 1 saturated heterocycles. The number of anilines is 1. The highest BCUT2D eigenvalue weighted by molar-refractivity contribution is 7.17. The van der Waals surface area contributed by atoms with Gasteiger partial charge >= 0.3 is 12.1 Å². The Morgan fingerprint density at radius 1 is 1.10 bits per heavy atom. The minimum atomic E-state index is -0.481. The highest BCUT2D eigenvalue weighted by Gasteiger charge is 2.26. The maximum absolute atomic E-state index is 12.2. The van der Waals surface area contributed by atoms with E-state index in [4.69, 9.17) is 9.47 Å². The second-order valence-corrected chi connectivity index (χ2v) is 9.15. The third kappa shape index (κ3) is 5.30. The van der Waals surface area contributed by atoms with Crippen LogP contribution >= 0.6 is 11.3 Å². The molecule has 0 atom stereocenters. The van der Waals surface area contributed by atoms with Crippen molar-refractivity contribution in [1.82, 2.24) is 9.88 Å². The first kappa shape index (κ1) is 22.1. The van der Waals surface area contributed by atoms with E-state index in [1.165, 1.54) is 11.3 Å². The van der Waals surface area contributed by atoms with E-state index in [0.29, 0.717) is 30.3 Å². The minimum Gasteiger partial charge on any atom is -0.462 e. The molecule has 2 heterocycles. The van der Waals surface area contributed by atoms with Crippen LogP contribution in [0.15, 0.2) is 24.3 Å². The van der Waals surface area contributed by atoms with Gasteiger partial charge < -0.3 is 19.3 Å². The number of piperazine rings is 1. The molecular weight excluding hydrogens is 402 g/mol. The molecule has 3 rings (SSSR count). The lowest BCUT2D eigenvalue weighted by molar-refractivity contribution is 0.0240. The number of aromatic nitrogens is 1. The second kappa shape index (κ2) is 9.04. The van der Waals surface area contributed by atoms with Gasteiger partial charge in [0.05, 0.1) is 12.3 Å². The molecule has 0 saturated carbocycles. The number of hydrogen-bond acceptors (Lipinski definition) is 7. The number of nitrogens with zero attached hydrogens (tertiary/aromatic N) is 3. The maximum Gasteiger partial charge on any atom is 0.410 e. The van der Waals surface area contributed by atoms with E-state index in [1.807, 2.05) is 39.8 Å². The van der Waals surface area contributed by atoms with Crippen LogP contribution in [-0.4, -0.2) is 60.3 Å². The van der Waals surface area contributed by atoms with E-state index in [0.717, 1.165) is 29.3 Å². The SMILES string of the molecule is CCOC(=O)c1sc(-c2ccc(N3CCN(C(=O)OC(C)(C)C)CC3)cc2)nc1C. The molecule has 1 fully saturated rings. The largest absolute Gasteiger partial charge is 0.462 e. The van der Waals surface area contributed by atoms with Gasteiger partial charge in [-0.3, -0.25) is 0 Å². The van der Waals surface area contributed by atoms with Crippen LogP contribution in [0, 0.1) is 6.92 Å². The third-order valence-electron chi connectivity index (χ3n) is 4.67. The summed E-state index contributed by atoms with van der Waals surface area (Å²) in [6.45, 7) is 12.4. The summed E-state index contributed by atoms with van der Waals surface area (Å²) >= 11 is 1.35. The smallest absolute Gasteiger partial charge is 0.410 e.